The third-order valence-corrected chi connectivity index (χ3v) is 4.82. The normalized spacial score (nSPS) is 16.6. The number of methoxy groups -OCH3 is 1. The zero-order chi connectivity index (χ0) is 18.9. The van der Waals surface area contributed by atoms with Gasteiger partial charge in [-0.05, 0) is 49.6 Å². The van der Waals surface area contributed by atoms with Gasteiger partial charge in [-0.1, -0.05) is 13.8 Å². The molecule has 1 aromatic rings. The van der Waals surface area contributed by atoms with E-state index in [0.717, 1.165) is 51.3 Å². The van der Waals surface area contributed by atoms with E-state index in [1.165, 1.54) is 5.69 Å². The number of ether oxygens (including phenoxy) is 1. The van der Waals surface area contributed by atoms with E-state index in [9.17, 15) is 4.79 Å². The number of benzene rings is 1. The van der Waals surface area contributed by atoms with Crippen LogP contribution in [0.5, 0.6) is 5.75 Å². The highest BCUT2D eigenvalue weighted by atomic mass is 16.5. The Labute approximate surface area is 157 Å². The van der Waals surface area contributed by atoms with Crippen LogP contribution in [-0.2, 0) is 4.79 Å². The van der Waals surface area contributed by atoms with E-state index in [1.54, 1.807) is 7.11 Å². The number of carbonyl (C=O) groups excluding carboxylic acids is 1. The summed E-state index contributed by atoms with van der Waals surface area (Å²) in [7, 11) is 1.69. The molecule has 0 bridgehead atoms. The van der Waals surface area contributed by atoms with Crippen LogP contribution in [0.15, 0.2) is 24.3 Å². The molecule has 1 aromatic carbocycles. The van der Waals surface area contributed by atoms with Crippen molar-refractivity contribution >= 4 is 11.6 Å². The number of piperazine rings is 1. The predicted octanol–water partition coefficient (Wildman–Crippen LogP) is 1.70. The molecule has 1 aliphatic rings. The Morgan fingerprint density at radius 1 is 1.19 bits per heavy atom. The van der Waals surface area contributed by atoms with Gasteiger partial charge in [-0.25, -0.2) is 0 Å². The lowest BCUT2D eigenvalue weighted by atomic mass is 10.0. The van der Waals surface area contributed by atoms with Gasteiger partial charge in [0, 0.05) is 38.4 Å². The maximum atomic E-state index is 11.9. The van der Waals surface area contributed by atoms with E-state index in [4.69, 9.17) is 10.5 Å². The third-order valence-electron chi connectivity index (χ3n) is 4.82. The number of hydrogen-bond acceptors (Lipinski definition) is 5. The van der Waals surface area contributed by atoms with Gasteiger partial charge in [0.1, 0.15) is 5.75 Å². The molecule has 0 radical (unpaired) electrons. The predicted molar refractivity (Wildman–Crippen MR) is 107 cm³/mol. The van der Waals surface area contributed by atoms with Crippen LogP contribution in [0.25, 0.3) is 0 Å². The highest BCUT2D eigenvalue weighted by molar-refractivity contribution is 5.81. The second kappa shape index (κ2) is 10.4. The Kier molecular flexibility index (Phi) is 8.19. The van der Waals surface area contributed by atoms with Crippen molar-refractivity contribution in [2.75, 3.05) is 51.3 Å². The molecule has 1 fully saturated rings. The summed E-state index contributed by atoms with van der Waals surface area (Å²) in [6, 6.07) is 7.86. The minimum Gasteiger partial charge on any atom is -0.497 e. The van der Waals surface area contributed by atoms with Crippen molar-refractivity contribution in [2.45, 2.75) is 32.7 Å². The molecule has 6 nitrogen and oxygen atoms in total. The molecule has 1 saturated heterocycles. The fourth-order valence-corrected chi connectivity index (χ4v) is 3.28. The second-order valence-electron chi connectivity index (χ2n) is 7.41. The van der Waals surface area contributed by atoms with Gasteiger partial charge in [0.15, 0.2) is 0 Å². The van der Waals surface area contributed by atoms with Crippen molar-refractivity contribution in [2.24, 2.45) is 11.7 Å². The standard InChI is InChI=1S/C20H34N4O2/c1-16(2)15-19(21)20(25)22-9-4-10-23-11-13-24(14-12-23)17-5-7-18(26-3)8-6-17/h5-8,16,19H,4,9-15,21H2,1-3H3,(H,22,25)/t19-/m0/s1. The summed E-state index contributed by atoms with van der Waals surface area (Å²) in [5, 5.41) is 2.96. The minimum absolute atomic E-state index is 0.0250. The van der Waals surface area contributed by atoms with Gasteiger partial charge in [-0.3, -0.25) is 9.69 Å². The van der Waals surface area contributed by atoms with Crippen molar-refractivity contribution in [1.82, 2.24) is 10.2 Å². The lowest BCUT2D eigenvalue weighted by molar-refractivity contribution is -0.122. The first-order valence-corrected chi connectivity index (χ1v) is 9.64. The monoisotopic (exact) mass is 362 g/mol. The van der Waals surface area contributed by atoms with Crippen LogP contribution in [0.2, 0.25) is 0 Å². The van der Waals surface area contributed by atoms with Crippen LogP contribution in [0.1, 0.15) is 26.7 Å². The van der Waals surface area contributed by atoms with E-state index in [2.05, 4.69) is 41.1 Å². The summed E-state index contributed by atoms with van der Waals surface area (Å²) in [4.78, 5) is 16.8. The maximum Gasteiger partial charge on any atom is 0.236 e. The van der Waals surface area contributed by atoms with Gasteiger partial charge < -0.3 is 20.7 Å². The Morgan fingerprint density at radius 2 is 1.85 bits per heavy atom. The zero-order valence-corrected chi connectivity index (χ0v) is 16.4. The molecule has 0 spiro atoms. The van der Waals surface area contributed by atoms with Gasteiger partial charge in [-0.15, -0.1) is 0 Å². The molecule has 6 heteroatoms. The van der Waals surface area contributed by atoms with Crippen molar-refractivity contribution < 1.29 is 9.53 Å². The molecule has 26 heavy (non-hydrogen) atoms. The Hall–Kier alpha value is -1.79. The topological polar surface area (TPSA) is 70.8 Å². The third kappa shape index (κ3) is 6.50. The van der Waals surface area contributed by atoms with E-state index in [0.29, 0.717) is 12.5 Å². The van der Waals surface area contributed by atoms with Crippen LogP contribution >= 0.6 is 0 Å². The molecule has 0 aliphatic carbocycles. The summed E-state index contributed by atoms with van der Waals surface area (Å²) in [6.45, 7) is 10.0. The fourth-order valence-electron chi connectivity index (χ4n) is 3.28. The van der Waals surface area contributed by atoms with Gasteiger partial charge in [0.05, 0.1) is 13.2 Å². The molecule has 3 N–H and O–H groups in total. The summed E-state index contributed by atoms with van der Waals surface area (Å²) in [6.07, 6.45) is 1.70. The van der Waals surface area contributed by atoms with Crippen LogP contribution < -0.4 is 20.7 Å². The number of anilines is 1. The average Bonchev–Trinajstić information content (AvgIpc) is 2.65. The molecule has 1 atom stereocenters. The molecular weight excluding hydrogens is 328 g/mol. The smallest absolute Gasteiger partial charge is 0.236 e. The Bertz CT molecular complexity index is 539. The fraction of sp³-hybridized carbons (Fsp3) is 0.650. The summed E-state index contributed by atoms with van der Waals surface area (Å²) in [5.41, 5.74) is 7.14. The maximum absolute atomic E-state index is 11.9. The van der Waals surface area contributed by atoms with Gasteiger partial charge in [-0.2, -0.15) is 0 Å². The molecule has 1 heterocycles. The zero-order valence-electron chi connectivity index (χ0n) is 16.4. The van der Waals surface area contributed by atoms with Crippen molar-refractivity contribution in [3.63, 3.8) is 0 Å². The van der Waals surface area contributed by atoms with Gasteiger partial charge >= 0.3 is 0 Å². The number of nitrogens with zero attached hydrogens (tertiary/aromatic N) is 2. The largest absolute Gasteiger partial charge is 0.497 e. The first-order valence-electron chi connectivity index (χ1n) is 9.64. The number of carbonyl (C=O) groups is 1. The van der Waals surface area contributed by atoms with Crippen LogP contribution in [0, 0.1) is 5.92 Å². The molecule has 0 saturated carbocycles. The quantitative estimate of drug-likeness (QED) is 0.654. The molecule has 1 amide bonds. The van der Waals surface area contributed by atoms with Crippen LogP contribution in [-0.4, -0.2) is 63.2 Å². The average molecular weight is 363 g/mol. The summed E-state index contributed by atoms with van der Waals surface area (Å²) >= 11 is 0. The van der Waals surface area contributed by atoms with E-state index >= 15 is 0 Å². The molecular formula is C20H34N4O2. The number of nitrogens with one attached hydrogen (secondary N) is 1. The van der Waals surface area contributed by atoms with Crippen LogP contribution in [0.4, 0.5) is 5.69 Å². The molecule has 0 unspecified atom stereocenters. The lowest BCUT2D eigenvalue weighted by Crippen LogP contribution is -2.47. The SMILES string of the molecule is COc1ccc(N2CCN(CCCNC(=O)[C@@H](N)CC(C)C)CC2)cc1. The molecule has 1 aliphatic heterocycles. The van der Waals surface area contributed by atoms with Gasteiger partial charge in [0.2, 0.25) is 5.91 Å². The molecule has 146 valence electrons. The second-order valence-corrected chi connectivity index (χ2v) is 7.41. The van der Waals surface area contributed by atoms with E-state index in [1.807, 2.05) is 12.1 Å². The lowest BCUT2D eigenvalue weighted by Gasteiger charge is -2.36. The van der Waals surface area contributed by atoms with E-state index in [-0.39, 0.29) is 11.9 Å². The number of amides is 1. The van der Waals surface area contributed by atoms with E-state index < -0.39 is 0 Å². The minimum atomic E-state index is -0.386. The molecule has 2 rings (SSSR count). The Balaban J connectivity index is 1.62. The first kappa shape index (κ1) is 20.5. The highest BCUT2D eigenvalue weighted by Crippen LogP contribution is 2.20. The Morgan fingerprint density at radius 3 is 2.42 bits per heavy atom. The summed E-state index contributed by atoms with van der Waals surface area (Å²) < 4.78 is 5.21. The number of hydrogen-bond donors (Lipinski definition) is 2. The van der Waals surface area contributed by atoms with Gasteiger partial charge in [0.25, 0.3) is 0 Å². The first-order chi connectivity index (χ1) is 12.5. The van der Waals surface area contributed by atoms with Crippen molar-refractivity contribution in [1.29, 1.82) is 0 Å². The highest BCUT2D eigenvalue weighted by Gasteiger charge is 2.17. The van der Waals surface area contributed by atoms with Crippen molar-refractivity contribution in [3.8, 4) is 5.75 Å². The molecule has 0 aromatic heterocycles. The number of nitrogens with two attached hydrogens (primary N) is 1. The van der Waals surface area contributed by atoms with Crippen LogP contribution in [0.3, 0.4) is 0 Å². The summed E-state index contributed by atoms with van der Waals surface area (Å²) in [5.74, 6) is 1.31. The number of rotatable bonds is 9. The van der Waals surface area contributed by atoms with Crippen molar-refractivity contribution in [3.05, 3.63) is 24.3 Å².